The third-order valence-electron chi connectivity index (χ3n) is 3.81. The van der Waals surface area contributed by atoms with Crippen LogP contribution in [0.15, 0.2) is 12.1 Å². The number of carbonyl (C=O) groups is 1. The van der Waals surface area contributed by atoms with Gasteiger partial charge < -0.3 is 14.8 Å². The minimum absolute atomic E-state index is 0.505. The summed E-state index contributed by atoms with van der Waals surface area (Å²) in [6, 6.07) is 4.33. The zero-order chi connectivity index (χ0) is 13.1. The van der Waals surface area contributed by atoms with Crippen LogP contribution in [0, 0.1) is 0 Å². The number of ether oxygens (including phenoxy) is 2. The van der Waals surface area contributed by atoms with Crippen LogP contribution in [0.3, 0.4) is 0 Å². The monoisotopic (exact) mass is 261 g/mol. The van der Waals surface area contributed by atoms with E-state index in [9.17, 15) is 4.79 Å². The molecular formula is C15H19NO3. The Morgan fingerprint density at radius 3 is 2.79 bits per heavy atom. The van der Waals surface area contributed by atoms with Crippen LogP contribution in [0.4, 0.5) is 0 Å². The van der Waals surface area contributed by atoms with Gasteiger partial charge in [-0.3, -0.25) is 4.79 Å². The second kappa shape index (κ2) is 5.61. The van der Waals surface area contributed by atoms with E-state index in [2.05, 4.69) is 5.32 Å². The molecule has 4 nitrogen and oxygen atoms in total. The molecule has 4 heteroatoms. The van der Waals surface area contributed by atoms with Crippen LogP contribution in [0.25, 0.3) is 0 Å². The van der Waals surface area contributed by atoms with Crippen molar-refractivity contribution in [3.63, 3.8) is 0 Å². The summed E-state index contributed by atoms with van der Waals surface area (Å²) in [6.45, 7) is 2.16. The molecule has 0 bridgehead atoms. The maximum absolute atomic E-state index is 11.0. The molecule has 1 fully saturated rings. The third-order valence-corrected chi connectivity index (χ3v) is 3.81. The Hall–Kier alpha value is -1.55. The SMILES string of the molecule is O=Cc1ccc(CC2CCCCN2)c2c1OCCO2. The fourth-order valence-electron chi connectivity index (χ4n) is 2.83. The molecule has 1 atom stereocenters. The van der Waals surface area contributed by atoms with Crippen molar-refractivity contribution < 1.29 is 14.3 Å². The number of nitrogens with one attached hydrogen (secondary N) is 1. The summed E-state index contributed by atoms with van der Waals surface area (Å²) >= 11 is 0. The molecule has 1 saturated heterocycles. The van der Waals surface area contributed by atoms with Crippen LogP contribution in [0.1, 0.15) is 35.2 Å². The molecule has 0 spiro atoms. The quantitative estimate of drug-likeness (QED) is 0.845. The number of hydrogen-bond acceptors (Lipinski definition) is 4. The Labute approximate surface area is 113 Å². The van der Waals surface area contributed by atoms with E-state index in [1.165, 1.54) is 19.3 Å². The predicted molar refractivity (Wildman–Crippen MR) is 72.2 cm³/mol. The topological polar surface area (TPSA) is 47.6 Å². The second-order valence-electron chi connectivity index (χ2n) is 5.14. The molecule has 2 aliphatic rings. The number of fused-ring (bicyclic) bond motifs is 1. The Morgan fingerprint density at radius 1 is 1.21 bits per heavy atom. The first kappa shape index (κ1) is 12.5. The highest BCUT2D eigenvalue weighted by Gasteiger charge is 2.22. The lowest BCUT2D eigenvalue weighted by Crippen LogP contribution is -2.35. The lowest BCUT2D eigenvalue weighted by Gasteiger charge is -2.27. The third kappa shape index (κ3) is 2.59. The maximum Gasteiger partial charge on any atom is 0.172 e. The first-order valence-electron chi connectivity index (χ1n) is 6.98. The molecule has 102 valence electrons. The van der Waals surface area contributed by atoms with Gasteiger partial charge in [-0.25, -0.2) is 0 Å². The zero-order valence-electron chi connectivity index (χ0n) is 11.0. The summed E-state index contributed by atoms with van der Waals surface area (Å²) in [4.78, 5) is 11.0. The lowest BCUT2D eigenvalue weighted by molar-refractivity contribution is 0.111. The van der Waals surface area contributed by atoms with E-state index < -0.39 is 0 Å². The van der Waals surface area contributed by atoms with Gasteiger partial charge in [0.25, 0.3) is 0 Å². The van der Waals surface area contributed by atoms with Crippen molar-refractivity contribution in [2.75, 3.05) is 19.8 Å². The summed E-state index contributed by atoms with van der Waals surface area (Å²) in [5.74, 6) is 1.39. The normalized spacial score (nSPS) is 22.0. The van der Waals surface area contributed by atoms with Gasteiger partial charge >= 0.3 is 0 Å². The molecule has 1 aromatic rings. The van der Waals surface area contributed by atoms with Gasteiger partial charge in [-0.05, 0) is 37.4 Å². The van der Waals surface area contributed by atoms with Gasteiger partial charge in [-0.1, -0.05) is 12.5 Å². The fraction of sp³-hybridized carbons (Fsp3) is 0.533. The molecule has 1 unspecified atom stereocenters. The van der Waals surface area contributed by atoms with Crippen LogP contribution < -0.4 is 14.8 Å². The zero-order valence-corrected chi connectivity index (χ0v) is 11.0. The molecule has 3 rings (SSSR count). The summed E-state index contributed by atoms with van der Waals surface area (Å²) in [7, 11) is 0. The van der Waals surface area contributed by atoms with E-state index >= 15 is 0 Å². The smallest absolute Gasteiger partial charge is 0.172 e. The van der Waals surface area contributed by atoms with Gasteiger partial charge in [0.15, 0.2) is 17.8 Å². The number of carbonyl (C=O) groups excluding carboxylic acids is 1. The molecular weight excluding hydrogens is 242 g/mol. The Morgan fingerprint density at radius 2 is 2.05 bits per heavy atom. The van der Waals surface area contributed by atoms with E-state index in [0.29, 0.717) is 30.6 Å². The van der Waals surface area contributed by atoms with Crippen molar-refractivity contribution in [1.29, 1.82) is 0 Å². The summed E-state index contributed by atoms with van der Waals surface area (Å²) in [5, 5.41) is 3.54. The molecule has 0 radical (unpaired) electrons. The Kier molecular flexibility index (Phi) is 3.69. The number of piperidine rings is 1. The molecule has 0 amide bonds. The van der Waals surface area contributed by atoms with E-state index in [-0.39, 0.29) is 0 Å². The molecule has 0 aromatic heterocycles. The molecule has 1 N–H and O–H groups in total. The Balaban J connectivity index is 1.86. The van der Waals surface area contributed by atoms with Crippen molar-refractivity contribution >= 4 is 6.29 Å². The summed E-state index contributed by atoms with van der Waals surface area (Å²) in [5.41, 5.74) is 1.72. The fourth-order valence-corrected chi connectivity index (χ4v) is 2.83. The number of rotatable bonds is 3. The first-order chi connectivity index (χ1) is 9.38. The highest BCUT2D eigenvalue weighted by atomic mass is 16.6. The van der Waals surface area contributed by atoms with Crippen LogP contribution >= 0.6 is 0 Å². The molecule has 2 heterocycles. The van der Waals surface area contributed by atoms with Crippen LogP contribution in [-0.2, 0) is 6.42 Å². The second-order valence-corrected chi connectivity index (χ2v) is 5.14. The number of aldehydes is 1. The van der Waals surface area contributed by atoms with Crippen LogP contribution in [0.2, 0.25) is 0 Å². The molecule has 0 saturated carbocycles. The highest BCUT2D eigenvalue weighted by Crippen LogP contribution is 2.37. The lowest BCUT2D eigenvalue weighted by atomic mass is 9.96. The van der Waals surface area contributed by atoms with Gasteiger partial charge in [-0.2, -0.15) is 0 Å². The molecule has 2 aliphatic heterocycles. The highest BCUT2D eigenvalue weighted by molar-refractivity contribution is 5.82. The predicted octanol–water partition coefficient (Wildman–Crippen LogP) is 1.95. The molecule has 19 heavy (non-hydrogen) atoms. The minimum atomic E-state index is 0.505. The van der Waals surface area contributed by atoms with Gasteiger partial charge in [0, 0.05) is 6.04 Å². The first-order valence-corrected chi connectivity index (χ1v) is 6.98. The van der Waals surface area contributed by atoms with E-state index in [1.807, 2.05) is 12.1 Å². The van der Waals surface area contributed by atoms with Gasteiger partial charge in [-0.15, -0.1) is 0 Å². The number of benzene rings is 1. The summed E-state index contributed by atoms with van der Waals surface area (Å²) < 4.78 is 11.3. The standard InChI is InChI=1S/C15H19NO3/c17-10-12-5-4-11(9-13-3-1-2-6-16-13)14-15(12)19-8-7-18-14/h4-5,10,13,16H,1-3,6-9H2. The summed E-state index contributed by atoms with van der Waals surface area (Å²) in [6.07, 6.45) is 5.51. The minimum Gasteiger partial charge on any atom is -0.486 e. The average Bonchev–Trinajstić information content (AvgIpc) is 2.49. The Bertz CT molecular complexity index is 467. The van der Waals surface area contributed by atoms with E-state index in [0.717, 1.165) is 30.6 Å². The maximum atomic E-state index is 11.0. The van der Waals surface area contributed by atoms with Gasteiger partial charge in [0.05, 0.1) is 5.56 Å². The van der Waals surface area contributed by atoms with Crippen LogP contribution in [0.5, 0.6) is 11.5 Å². The van der Waals surface area contributed by atoms with Crippen molar-refractivity contribution in [1.82, 2.24) is 5.32 Å². The van der Waals surface area contributed by atoms with Crippen molar-refractivity contribution in [2.45, 2.75) is 31.7 Å². The van der Waals surface area contributed by atoms with Crippen LogP contribution in [-0.4, -0.2) is 32.1 Å². The largest absolute Gasteiger partial charge is 0.486 e. The van der Waals surface area contributed by atoms with E-state index in [1.54, 1.807) is 0 Å². The van der Waals surface area contributed by atoms with Crippen molar-refractivity contribution in [3.8, 4) is 11.5 Å². The van der Waals surface area contributed by atoms with Gasteiger partial charge in [0.1, 0.15) is 13.2 Å². The van der Waals surface area contributed by atoms with Gasteiger partial charge in [0.2, 0.25) is 0 Å². The molecule has 1 aromatic carbocycles. The molecule has 0 aliphatic carbocycles. The number of hydrogen-bond donors (Lipinski definition) is 1. The van der Waals surface area contributed by atoms with Crippen molar-refractivity contribution in [3.05, 3.63) is 23.3 Å². The average molecular weight is 261 g/mol. The van der Waals surface area contributed by atoms with E-state index in [4.69, 9.17) is 9.47 Å². The van der Waals surface area contributed by atoms with Crippen molar-refractivity contribution in [2.24, 2.45) is 0 Å².